The number of hydrogen-bond donors (Lipinski definition) is 1. The summed E-state index contributed by atoms with van der Waals surface area (Å²) in [5, 5.41) is 8.97. The van der Waals surface area contributed by atoms with Gasteiger partial charge in [-0.1, -0.05) is 60.7 Å². The van der Waals surface area contributed by atoms with Gasteiger partial charge in [0.15, 0.2) is 6.29 Å². The van der Waals surface area contributed by atoms with Crippen molar-refractivity contribution in [2.75, 3.05) is 26.8 Å². The van der Waals surface area contributed by atoms with Crippen molar-refractivity contribution in [3.8, 4) is 5.75 Å². The number of carboxylic acid groups (broad SMARTS) is 1. The molecule has 230 valence electrons. The van der Waals surface area contributed by atoms with Crippen molar-refractivity contribution < 1.29 is 28.8 Å². The van der Waals surface area contributed by atoms with Gasteiger partial charge in [0, 0.05) is 31.4 Å². The minimum absolute atomic E-state index is 0.0184. The zero-order valence-corrected chi connectivity index (χ0v) is 25.2. The summed E-state index contributed by atoms with van der Waals surface area (Å²) in [6, 6.07) is 20.5. The summed E-state index contributed by atoms with van der Waals surface area (Å²) in [5.74, 6) is 0.425. The lowest BCUT2D eigenvalue weighted by molar-refractivity contribution is -0.197. The van der Waals surface area contributed by atoms with Crippen LogP contribution in [0.25, 0.3) is 0 Å². The van der Waals surface area contributed by atoms with Crippen molar-refractivity contribution in [3.05, 3.63) is 78.4 Å². The molecule has 1 heterocycles. The lowest BCUT2D eigenvalue weighted by Crippen LogP contribution is -2.46. The molecule has 2 fully saturated rings. The summed E-state index contributed by atoms with van der Waals surface area (Å²) < 4.78 is 25.3. The molecule has 1 saturated heterocycles. The number of carboxylic acids is 1. The number of hydrogen-bond acceptors (Lipinski definition) is 6. The highest BCUT2D eigenvalue weighted by Gasteiger charge is 2.46. The first-order valence-electron chi connectivity index (χ1n) is 15.8. The molecule has 1 aliphatic heterocycles. The molecule has 2 aliphatic rings. The van der Waals surface area contributed by atoms with E-state index < -0.39 is 5.97 Å². The van der Waals surface area contributed by atoms with Gasteiger partial charge in [-0.2, -0.15) is 0 Å². The fourth-order valence-corrected chi connectivity index (χ4v) is 6.12. The number of rotatable bonds is 18. The van der Waals surface area contributed by atoms with E-state index in [2.05, 4.69) is 48.4 Å². The van der Waals surface area contributed by atoms with E-state index in [4.69, 9.17) is 24.1 Å². The lowest BCUT2D eigenvalue weighted by atomic mass is 9.95. The Bertz CT molecular complexity index is 1040. The maximum absolute atomic E-state index is 10.9. The molecule has 0 spiro atoms. The average Bonchev–Trinajstić information content (AvgIpc) is 3.35. The maximum atomic E-state index is 10.9. The molecular weight excluding hydrogens is 530 g/mol. The molecule has 0 bridgehead atoms. The molecule has 2 aromatic rings. The molecule has 1 aliphatic carbocycles. The third kappa shape index (κ3) is 10.8. The molecule has 1 unspecified atom stereocenters. The van der Waals surface area contributed by atoms with Crippen LogP contribution in [0.1, 0.15) is 69.8 Å². The summed E-state index contributed by atoms with van der Waals surface area (Å²) in [6.07, 6.45) is 12.8. The van der Waals surface area contributed by atoms with Crippen LogP contribution < -0.4 is 4.74 Å². The van der Waals surface area contributed by atoms with Gasteiger partial charge in [0.1, 0.15) is 5.75 Å². The predicted octanol–water partition coefficient (Wildman–Crippen LogP) is 6.86. The Morgan fingerprint density at radius 2 is 1.79 bits per heavy atom. The van der Waals surface area contributed by atoms with Gasteiger partial charge in [0.25, 0.3) is 0 Å². The number of unbranched alkanes of at least 4 members (excludes halogenated alkanes) is 2. The van der Waals surface area contributed by atoms with Crippen LogP contribution in [0.4, 0.5) is 0 Å². The topological polar surface area (TPSA) is 77.5 Å². The van der Waals surface area contributed by atoms with Gasteiger partial charge >= 0.3 is 5.97 Å². The molecule has 42 heavy (non-hydrogen) atoms. The summed E-state index contributed by atoms with van der Waals surface area (Å²) in [6.45, 7) is 2.97. The number of carbonyl (C=O) groups is 1. The number of aliphatic carboxylic acids is 1. The first-order valence-corrected chi connectivity index (χ1v) is 15.8. The molecule has 2 aromatic carbocycles. The third-order valence-corrected chi connectivity index (χ3v) is 8.30. The van der Waals surface area contributed by atoms with Crippen molar-refractivity contribution >= 4 is 5.97 Å². The zero-order valence-electron chi connectivity index (χ0n) is 25.2. The van der Waals surface area contributed by atoms with Gasteiger partial charge in [-0.15, -0.1) is 0 Å². The number of allylic oxidation sites excluding steroid dienone is 2. The highest BCUT2D eigenvalue weighted by molar-refractivity contribution is 5.66. The van der Waals surface area contributed by atoms with E-state index in [-0.39, 0.29) is 36.9 Å². The van der Waals surface area contributed by atoms with E-state index in [0.717, 1.165) is 70.3 Å². The second-order valence-electron chi connectivity index (χ2n) is 11.5. The average molecular weight is 580 g/mol. The minimum atomic E-state index is -0.741. The van der Waals surface area contributed by atoms with Crippen LogP contribution >= 0.6 is 0 Å². The van der Waals surface area contributed by atoms with Gasteiger partial charge in [0.05, 0.1) is 25.4 Å². The molecule has 1 N–H and O–H groups in total. The molecule has 5 atom stereocenters. The normalized spacial score (nSPS) is 24.4. The van der Waals surface area contributed by atoms with Crippen molar-refractivity contribution in [2.24, 2.45) is 5.92 Å². The molecule has 0 aromatic heterocycles. The van der Waals surface area contributed by atoms with E-state index in [1.165, 1.54) is 5.56 Å². The Morgan fingerprint density at radius 1 is 1.00 bits per heavy atom. The Morgan fingerprint density at radius 3 is 2.52 bits per heavy atom. The summed E-state index contributed by atoms with van der Waals surface area (Å²) in [5.41, 5.74) is 1.17. The van der Waals surface area contributed by atoms with Gasteiger partial charge in [-0.25, -0.2) is 0 Å². The lowest BCUT2D eigenvalue weighted by Gasteiger charge is -2.36. The maximum Gasteiger partial charge on any atom is 0.303 e. The van der Waals surface area contributed by atoms with Crippen LogP contribution in [0.5, 0.6) is 5.75 Å². The Kier molecular flexibility index (Phi) is 13.9. The van der Waals surface area contributed by atoms with E-state index >= 15 is 0 Å². The quantitative estimate of drug-likeness (QED) is 0.153. The fraction of sp³-hybridized carbons (Fsp3) is 0.571. The molecule has 0 radical (unpaired) electrons. The van der Waals surface area contributed by atoms with Gasteiger partial charge in [-0.05, 0) is 82.7 Å². The SMILES string of the molecule is CN(CCCCOc1ccccc1)[C@H]1[C@H](C/C=C\CCCC(=O)O)[C@H](OCc2ccccc2)C[C@@H]1OC1CCCCO1. The predicted molar refractivity (Wildman–Crippen MR) is 164 cm³/mol. The van der Waals surface area contributed by atoms with Crippen molar-refractivity contribution in [1.82, 2.24) is 4.90 Å². The van der Waals surface area contributed by atoms with Crippen LogP contribution in [0.2, 0.25) is 0 Å². The van der Waals surface area contributed by atoms with Gasteiger partial charge < -0.3 is 29.0 Å². The number of benzene rings is 2. The molecule has 7 nitrogen and oxygen atoms in total. The number of likely N-dealkylation sites (N-methyl/N-ethyl adjacent to an activating group) is 1. The third-order valence-electron chi connectivity index (χ3n) is 8.30. The zero-order chi connectivity index (χ0) is 29.4. The second-order valence-corrected chi connectivity index (χ2v) is 11.5. The summed E-state index contributed by atoms with van der Waals surface area (Å²) in [7, 11) is 2.21. The highest BCUT2D eigenvalue weighted by atomic mass is 16.7. The first kappa shape index (κ1) is 32.2. The van der Waals surface area contributed by atoms with Gasteiger partial charge in [-0.3, -0.25) is 4.79 Å². The van der Waals surface area contributed by atoms with E-state index in [0.29, 0.717) is 19.6 Å². The smallest absolute Gasteiger partial charge is 0.303 e. The fourth-order valence-electron chi connectivity index (χ4n) is 6.12. The van der Waals surface area contributed by atoms with Crippen molar-refractivity contribution in [2.45, 2.75) is 95.4 Å². The second kappa shape index (κ2) is 18.1. The molecule has 7 heteroatoms. The Labute approximate surface area is 251 Å². The van der Waals surface area contributed by atoms with Crippen LogP contribution in [-0.2, 0) is 25.6 Å². The van der Waals surface area contributed by atoms with Crippen LogP contribution in [0.3, 0.4) is 0 Å². The number of para-hydroxylation sites is 1. The standard InChI is InChI=1S/C35H49NO6/c1-36(23-13-15-24-39-29-18-8-5-9-19-29)35-30(20-10-2-3-11-21-33(37)38)31(41-27-28-16-6-4-7-17-28)26-32(35)42-34-22-12-14-25-40-34/h2,4-10,16-19,30-32,34-35H,3,11-15,20-27H2,1H3,(H,37,38)/b10-2-/t30-,31-,32+,34?,35+/m1/s1. The van der Waals surface area contributed by atoms with Gasteiger partial charge in [0.2, 0.25) is 0 Å². The van der Waals surface area contributed by atoms with Crippen LogP contribution in [-0.4, -0.2) is 67.3 Å². The molecular formula is C35H49NO6. The van der Waals surface area contributed by atoms with Crippen LogP contribution in [0, 0.1) is 5.92 Å². The Hall–Kier alpha value is -2.71. The van der Waals surface area contributed by atoms with E-state index in [9.17, 15) is 4.79 Å². The van der Waals surface area contributed by atoms with E-state index in [1.54, 1.807) is 0 Å². The number of ether oxygens (including phenoxy) is 4. The molecule has 0 amide bonds. The van der Waals surface area contributed by atoms with Crippen LogP contribution in [0.15, 0.2) is 72.8 Å². The van der Waals surface area contributed by atoms with Crippen molar-refractivity contribution in [1.29, 1.82) is 0 Å². The first-order chi connectivity index (χ1) is 20.6. The van der Waals surface area contributed by atoms with Crippen molar-refractivity contribution in [3.63, 3.8) is 0 Å². The summed E-state index contributed by atoms with van der Waals surface area (Å²) >= 11 is 0. The van der Waals surface area contributed by atoms with E-state index in [1.807, 2.05) is 36.4 Å². The minimum Gasteiger partial charge on any atom is -0.494 e. The summed E-state index contributed by atoms with van der Waals surface area (Å²) in [4.78, 5) is 13.4. The molecule has 4 rings (SSSR count). The highest BCUT2D eigenvalue weighted by Crippen LogP contribution is 2.39. The largest absolute Gasteiger partial charge is 0.494 e. The number of nitrogens with zero attached hydrogens (tertiary/aromatic N) is 1. The monoisotopic (exact) mass is 579 g/mol. The molecule has 1 saturated carbocycles. The Balaban J connectivity index is 1.41.